The Hall–Kier alpha value is -1.52. The molecule has 3 N–H and O–H groups in total. The van der Waals surface area contributed by atoms with Crippen LogP contribution in [0, 0.1) is 11.6 Å². The second-order valence-corrected chi connectivity index (χ2v) is 4.45. The lowest BCUT2D eigenvalue weighted by atomic mass is 10.2. The van der Waals surface area contributed by atoms with Crippen LogP contribution in [-0.4, -0.2) is 0 Å². The summed E-state index contributed by atoms with van der Waals surface area (Å²) in [6.45, 7) is 0. The van der Waals surface area contributed by atoms with Gasteiger partial charge in [-0.2, -0.15) is 0 Å². The van der Waals surface area contributed by atoms with Gasteiger partial charge in [0.25, 0.3) is 0 Å². The third kappa shape index (κ3) is 2.66. The number of anilines is 3. The minimum absolute atomic E-state index is 0.0118. The van der Waals surface area contributed by atoms with Crippen LogP contribution in [0.1, 0.15) is 0 Å². The van der Waals surface area contributed by atoms with Gasteiger partial charge < -0.3 is 11.1 Å². The molecule has 0 amide bonds. The van der Waals surface area contributed by atoms with E-state index in [-0.39, 0.29) is 16.4 Å². The van der Waals surface area contributed by atoms with Crippen LogP contribution >= 0.6 is 23.2 Å². The fraction of sp³-hybridized carbons (Fsp3) is 0. The summed E-state index contributed by atoms with van der Waals surface area (Å²) in [5.74, 6) is -1.59. The van der Waals surface area contributed by atoms with Gasteiger partial charge in [-0.05, 0) is 30.3 Å². The van der Waals surface area contributed by atoms with Crippen molar-refractivity contribution in [2.24, 2.45) is 0 Å². The molecule has 0 aliphatic carbocycles. The van der Waals surface area contributed by atoms with Gasteiger partial charge in [0.15, 0.2) is 11.6 Å². The van der Waals surface area contributed by atoms with Crippen molar-refractivity contribution >= 4 is 40.3 Å². The molecule has 0 atom stereocenters. The molecule has 0 saturated carbocycles. The highest BCUT2D eigenvalue weighted by atomic mass is 35.5. The summed E-state index contributed by atoms with van der Waals surface area (Å²) in [6.07, 6.45) is 0. The quantitative estimate of drug-likeness (QED) is 0.793. The van der Waals surface area contributed by atoms with Crippen LogP contribution < -0.4 is 11.1 Å². The summed E-state index contributed by atoms with van der Waals surface area (Å²) in [6, 6.07) is 6.60. The first-order valence-corrected chi connectivity index (χ1v) is 5.69. The standard InChI is InChI=1S/C12H8Cl2F2N2/c13-6-1-2-11(8(14)3-6)18-12-9(15)4-7(17)5-10(12)16/h1-5,18H,17H2. The summed E-state index contributed by atoms with van der Waals surface area (Å²) in [5, 5.41) is 3.26. The molecule has 18 heavy (non-hydrogen) atoms. The third-order valence-corrected chi connectivity index (χ3v) is 2.80. The Kier molecular flexibility index (Phi) is 3.59. The average Bonchev–Trinajstić information content (AvgIpc) is 2.25. The van der Waals surface area contributed by atoms with E-state index in [9.17, 15) is 8.78 Å². The lowest BCUT2D eigenvalue weighted by Crippen LogP contribution is -2.00. The maximum atomic E-state index is 13.6. The Labute approximate surface area is 112 Å². The van der Waals surface area contributed by atoms with E-state index < -0.39 is 11.6 Å². The predicted octanol–water partition coefficient (Wildman–Crippen LogP) is 4.60. The molecular weight excluding hydrogens is 281 g/mol. The Bertz CT molecular complexity index is 580. The molecule has 0 aliphatic rings. The highest BCUT2D eigenvalue weighted by Crippen LogP contribution is 2.31. The minimum atomic E-state index is -0.793. The first-order valence-electron chi connectivity index (χ1n) is 4.94. The molecule has 0 radical (unpaired) electrons. The summed E-state index contributed by atoms with van der Waals surface area (Å²) in [4.78, 5) is 0. The molecule has 2 rings (SSSR count). The monoisotopic (exact) mass is 288 g/mol. The Morgan fingerprint density at radius 3 is 2.17 bits per heavy atom. The summed E-state index contributed by atoms with van der Waals surface area (Å²) >= 11 is 11.6. The fourth-order valence-electron chi connectivity index (χ4n) is 1.44. The SMILES string of the molecule is Nc1cc(F)c(Nc2ccc(Cl)cc2Cl)c(F)c1. The molecule has 0 unspecified atom stereocenters. The van der Waals surface area contributed by atoms with Gasteiger partial charge in [0.05, 0.1) is 10.7 Å². The lowest BCUT2D eigenvalue weighted by molar-refractivity contribution is 0.592. The van der Waals surface area contributed by atoms with Crippen molar-refractivity contribution in [2.45, 2.75) is 0 Å². The van der Waals surface area contributed by atoms with Crippen LogP contribution in [0.15, 0.2) is 30.3 Å². The van der Waals surface area contributed by atoms with Crippen LogP contribution in [0.5, 0.6) is 0 Å². The zero-order chi connectivity index (χ0) is 13.3. The molecule has 0 aromatic heterocycles. The number of hydrogen-bond donors (Lipinski definition) is 2. The molecule has 2 aromatic rings. The van der Waals surface area contributed by atoms with Crippen LogP contribution in [-0.2, 0) is 0 Å². The molecule has 2 aromatic carbocycles. The van der Waals surface area contributed by atoms with Crippen LogP contribution in [0.25, 0.3) is 0 Å². The largest absolute Gasteiger partial charge is 0.399 e. The van der Waals surface area contributed by atoms with Gasteiger partial charge in [-0.25, -0.2) is 8.78 Å². The Balaban J connectivity index is 2.40. The van der Waals surface area contributed by atoms with E-state index in [1.54, 1.807) is 6.07 Å². The maximum Gasteiger partial charge on any atom is 0.151 e. The highest BCUT2D eigenvalue weighted by molar-refractivity contribution is 6.36. The maximum absolute atomic E-state index is 13.6. The van der Waals surface area contributed by atoms with E-state index in [2.05, 4.69) is 5.32 Å². The van der Waals surface area contributed by atoms with Crippen molar-refractivity contribution in [3.8, 4) is 0 Å². The summed E-state index contributed by atoms with van der Waals surface area (Å²) < 4.78 is 27.1. The van der Waals surface area contributed by atoms with Crippen molar-refractivity contribution in [3.63, 3.8) is 0 Å². The van der Waals surface area contributed by atoms with E-state index >= 15 is 0 Å². The summed E-state index contributed by atoms with van der Waals surface area (Å²) in [7, 11) is 0. The molecule has 2 nitrogen and oxygen atoms in total. The first-order chi connectivity index (χ1) is 8.47. The molecular formula is C12H8Cl2F2N2. The second-order valence-electron chi connectivity index (χ2n) is 3.61. The topological polar surface area (TPSA) is 38.0 Å². The smallest absolute Gasteiger partial charge is 0.151 e. The number of rotatable bonds is 2. The first kappa shape index (κ1) is 12.9. The van der Waals surface area contributed by atoms with Crippen LogP contribution in [0.2, 0.25) is 10.0 Å². The van der Waals surface area contributed by atoms with Crippen molar-refractivity contribution in [2.75, 3.05) is 11.1 Å². The van der Waals surface area contributed by atoms with Gasteiger partial charge in [0.1, 0.15) is 5.69 Å². The number of hydrogen-bond acceptors (Lipinski definition) is 2. The minimum Gasteiger partial charge on any atom is -0.399 e. The number of nitrogen functional groups attached to an aromatic ring is 1. The normalized spacial score (nSPS) is 10.4. The van der Waals surface area contributed by atoms with Crippen molar-refractivity contribution in [1.82, 2.24) is 0 Å². The Morgan fingerprint density at radius 1 is 1.00 bits per heavy atom. The van der Waals surface area contributed by atoms with Crippen LogP contribution in [0.4, 0.5) is 25.8 Å². The zero-order valence-electron chi connectivity index (χ0n) is 8.98. The van der Waals surface area contributed by atoms with E-state index in [4.69, 9.17) is 28.9 Å². The fourth-order valence-corrected chi connectivity index (χ4v) is 1.89. The number of benzene rings is 2. The molecule has 0 fully saturated rings. The molecule has 0 aliphatic heterocycles. The molecule has 6 heteroatoms. The van der Waals surface area contributed by atoms with Crippen molar-refractivity contribution in [3.05, 3.63) is 52.0 Å². The number of halogens is 4. The zero-order valence-corrected chi connectivity index (χ0v) is 10.5. The number of nitrogens with one attached hydrogen (secondary N) is 1. The number of nitrogens with two attached hydrogens (primary N) is 1. The van der Waals surface area contributed by atoms with Crippen molar-refractivity contribution in [1.29, 1.82) is 0 Å². The summed E-state index contributed by atoms with van der Waals surface area (Å²) in [5.41, 5.74) is 5.37. The lowest BCUT2D eigenvalue weighted by Gasteiger charge is -2.11. The molecule has 0 spiro atoms. The molecule has 0 heterocycles. The van der Waals surface area contributed by atoms with E-state index in [0.717, 1.165) is 12.1 Å². The van der Waals surface area contributed by atoms with Gasteiger partial charge in [-0.15, -0.1) is 0 Å². The highest BCUT2D eigenvalue weighted by Gasteiger charge is 2.12. The Morgan fingerprint density at radius 2 is 1.61 bits per heavy atom. The molecule has 0 bridgehead atoms. The van der Waals surface area contributed by atoms with Crippen molar-refractivity contribution < 1.29 is 8.78 Å². The second kappa shape index (κ2) is 5.00. The van der Waals surface area contributed by atoms with Gasteiger partial charge in [-0.1, -0.05) is 23.2 Å². The van der Waals surface area contributed by atoms with Gasteiger partial charge in [0.2, 0.25) is 0 Å². The molecule has 94 valence electrons. The van der Waals surface area contributed by atoms with E-state index in [0.29, 0.717) is 10.7 Å². The third-order valence-electron chi connectivity index (χ3n) is 2.26. The van der Waals surface area contributed by atoms with Gasteiger partial charge in [0, 0.05) is 10.7 Å². The van der Waals surface area contributed by atoms with E-state index in [1.165, 1.54) is 12.1 Å². The molecule has 0 saturated heterocycles. The average molecular weight is 289 g/mol. The van der Waals surface area contributed by atoms with Crippen LogP contribution in [0.3, 0.4) is 0 Å². The van der Waals surface area contributed by atoms with Gasteiger partial charge >= 0.3 is 0 Å². The predicted molar refractivity (Wildman–Crippen MR) is 70.5 cm³/mol. The van der Waals surface area contributed by atoms with Gasteiger partial charge in [-0.3, -0.25) is 0 Å². The van der Waals surface area contributed by atoms with E-state index in [1.807, 2.05) is 0 Å².